The van der Waals surface area contributed by atoms with E-state index in [1.54, 1.807) is 22.9 Å². The second kappa shape index (κ2) is 6.29. The molecular weight excluding hydrogens is 299 g/mol. The molecule has 0 aliphatic carbocycles. The predicted molar refractivity (Wildman–Crippen MR) is 78.9 cm³/mol. The number of aromatic nitrogens is 2. The number of hydrogen-bond donors (Lipinski definition) is 0. The molecule has 20 heavy (non-hydrogen) atoms. The first-order chi connectivity index (χ1) is 9.49. The van der Waals surface area contributed by atoms with Gasteiger partial charge in [0.05, 0.1) is 12.6 Å². The van der Waals surface area contributed by atoms with Crippen LogP contribution in [-0.2, 0) is 6.54 Å². The van der Waals surface area contributed by atoms with Gasteiger partial charge in [0.15, 0.2) is 6.29 Å². The Bertz CT molecular complexity index is 624. The van der Waals surface area contributed by atoms with Crippen LogP contribution in [0.15, 0.2) is 24.3 Å². The first-order valence-corrected chi connectivity index (χ1v) is 6.89. The monoisotopic (exact) mass is 312 g/mol. The largest absolute Gasteiger partial charge is 0.474 e. The number of rotatable bonds is 5. The van der Waals surface area contributed by atoms with E-state index in [0.29, 0.717) is 28.2 Å². The fourth-order valence-corrected chi connectivity index (χ4v) is 2.21. The van der Waals surface area contributed by atoms with Crippen molar-refractivity contribution in [2.45, 2.75) is 26.5 Å². The Kier molecular flexibility index (Phi) is 4.68. The molecule has 0 bridgehead atoms. The van der Waals surface area contributed by atoms with Gasteiger partial charge in [0.25, 0.3) is 0 Å². The van der Waals surface area contributed by atoms with Gasteiger partial charge in [-0.15, -0.1) is 5.10 Å². The van der Waals surface area contributed by atoms with E-state index >= 15 is 0 Å². The van der Waals surface area contributed by atoms with Crippen LogP contribution in [0, 0.1) is 0 Å². The van der Waals surface area contributed by atoms with Gasteiger partial charge in [-0.3, -0.25) is 9.48 Å². The zero-order chi connectivity index (χ0) is 14.7. The summed E-state index contributed by atoms with van der Waals surface area (Å²) in [6, 6.07) is 6.83. The van der Waals surface area contributed by atoms with E-state index in [-0.39, 0.29) is 6.10 Å². The lowest BCUT2D eigenvalue weighted by atomic mass is 10.2. The Morgan fingerprint density at radius 3 is 2.70 bits per heavy atom. The molecule has 2 aromatic rings. The third-order valence-electron chi connectivity index (χ3n) is 2.60. The predicted octanol–water partition coefficient (Wildman–Crippen LogP) is 3.84. The molecule has 0 saturated heterocycles. The molecule has 0 aliphatic rings. The summed E-state index contributed by atoms with van der Waals surface area (Å²) in [6.45, 7) is 4.18. The third-order valence-corrected chi connectivity index (χ3v) is 3.19. The lowest BCUT2D eigenvalue weighted by molar-refractivity contribution is 0.111. The topological polar surface area (TPSA) is 44.1 Å². The molecule has 0 aliphatic heterocycles. The highest BCUT2D eigenvalue weighted by molar-refractivity contribution is 6.35. The van der Waals surface area contributed by atoms with Gasteiger partial charge >= 0.3 is 0 Å². The van der Waals surface area contributed by atoms with Gasteiger partial charge in [-0.1, -0.05) is 29.3 Å². The van der Waals surface area contributed by atoms with Crippen LogP contribution in [0.3, 0.4) is 0 Å². The molecule has 0 fully saturated rings. The maximum atomic E-state index is 11.1. The molecule has 4 nitrogen and oxygen atoms in total. The maximum absolute atomic E-state index is 11.1. The molecule has 1 heterocycles. The first-order valence-electron chi connectivity index (χ1n) is 6.13. The van der Waals surface area contributed by atoms with E-state index < -0.39 is 0 Å². The maximum Gasteiger partial charge on any atom is 0.233 e. The molecule has 106 valence electrons. The summed E-state index contributed by atoms with van der Waals surface area (Å²) in [6.07, 6.45) is 0.737. The Balaban J connectivity index is 2.27. The summed E-state index contributed by atoms with van der Waals surface area (Å²) in [7, 11) is 0. The van der Waals surface area contributed by atoms with Crippen LogP contribution < -0.4 is 4.74 Å². The van der Waals surface area contributed by atoms with E-state index in [1.165, 1.54) is 0 Å². The average molecular weight is 313 g/mol. The van der Waals surface area contributed by atoms with Crippen LogP contribution in [0.5, 0.6) is 5.88 Å². The summed E-state index contributed by atoms with van der Waals surface area (Å²) in [5.41, 5.74) is 1.27. The quantitative estimate of drug-likeness (QED) is 0.788. The number of carbonyl (C=O) groups excluding carboxylic acids is 1. The lowest BCUT2D eigenvalue weighted by Gasteiger charge is -2.07. The Morgan fingerprint density at radius 1 is 1.35 bits per heavy atom. The number of hydrogen-bond acceptors (Lipinski definition) is 3. The van der Waals surface area contributed by atoms with Crippen molar-refractivity contribution >= 4 is 29.5 Å². The van der Waals surface area contributed by atoms with Gasteiger partial charge in [0.1, 0.15) is 5.69 Å². The van der Waals surface area contributed by atoms with Gasteiger partial charge in [-0.2, -0.15) is 0 Å². The lowest BCUT2D eigenvalue weighted by Crippen LogP contribution is -2.08. The number of carbonyl (C=O) groups is 1. The van der Waals surface area contributed by atoms with E-state index in [2.05, 4.69) is 5.10 Å². The molecule has 0 spiro atoms. The van der Waals surface area contributed by atoms with Gasteiger partial charge in [0.2, 0.25) is 5.88 Å². The van der Waals surface area contributed by atoms with Gasteiger partial charge in [-0.25, -0.2) is 0 Å². The molecule has 6 heteroatoms. The van der Waals surface area contributed by atoms with Crippen LogP contribution in [0.1, 0.15) is 29.9 Å². The zero-order valence-electron chi connectivity index (χ0n) is 11.1. The third kappa shape index (κ3) is 3.52. The first kappa shape index (κ1) is 14.9. The van der Waals surface area contributed by atoms with Crippen LogP contribution >= 0.6 is 23.2 Å². The molecule has 1 aromatic heterocycles. The molecule has 2 rings (SSSR count). The van der Waals surface area contributed by atoms with Crippen molar-refractivity contribution in [2.75, 3.05) is 0 Å². The number of halogens is 2. The summed E-state index contributed by atoms with van der Waals surface area (Å²) < 4.78 is 7.03. The minimum atomic E-state index is -0.00280. The fraction of sp³-hybridized carbons (Fsp3) is 0.286. The molecular formula is C14H14Cl2N2O2. The van der Waals surface area contributed by atoms with Crippen molar-refractivity contribution in [3.63, 3.8) is 0 Å². The van der Waals surface area contributed by atoms with Crippen LogP contribution in [0.4, 0.5) is 0 Å². The normalized spacial score (nSPS) is 10.8. The summed E-state index contributed by atoms with van der Waals surface area (Å²) in [4.78, 5) is 11.1. The minimum absolute atomic E-state index is 0.00280. The van der Waals surface area contributed by atoms with Gasteiger partial charge in [-0.05, 0) is 31.5 Å². The highest BCUT2D eigenvalue weighted by atomic mass is 35.5. The molecule has 0 atom stereocenters. The van der Waals surface area contributed by atoms with Crippen LogP contribution in [0.25, 0.3) is 0 Å². The van der Waals surface area contributed by atoms with Crippen LogP contribution in [-0.4, -0.2) is 22.2 Å². The standard InChI is InChI=1S/C14H14Cl2N2O2/c1-9(2)20-14-6-12(8-19)18(17-14)7-10-3-4-11(15)5-13(10)16/h3-6,8-9H,7H2,1-2H3. The summed E-state index contributed by atoms with van der Waals surface area (Å²) in [5, 5.41) is 5.36. The molecule has 1 aromatic carbocycles. The van der Waals surface area contributed by atoms with Crippen molar-refractivity contribution in [3.8, 4) is 5.88 Å². The minimum Gasteiger partial charge on any atom is -0.474 e. The van der Waals surface area contributed by atoms with E-state index in [9.17, 15) is 4.79 Å². The molecule has 0 saturated carbocycles. The number of benzene rings is 1. The van der Waals surface area contributed by atoms with Crippen LogP contribution in [0.2, 0.25) is 10.0 Å². The molecule has 0 N–H and O–H groups in total. The Hall–Kier alpha value is -1.52. The van der Waals surface area contributed by atoms with Crippen molar-refractivity contribution in [2.24, 2.45) is 0 Å². The number of aldehydes is 1. The second-order valence-corrected chi connectivity index (χ2v) is 5.43. The molecule has 0 amide bonds. The smallest absolute Gasteiger partial charge is 0.233 e. The van der Waals surface area contributed by atoms with E-state index in [1.807, 2.05) is 19.9 Å². The molecule has 0 unspecified atom stereocenters. The Morgan fingerprint density at radius 2 is 2.10 bits per heavy atom. The number of nitrogens with zero attached hydrogens (tertiary/aromatic N) is 2. The molecule has 0 radical (unpaired) electrons. The van der Waals surface area contributed by atoms with Gasteiger partial charge < -0.3 is 4.74 Å². The average Bonchev–Trinajstić information content (AvgIpc) is 2.74. The SMILES string of the molecule is CC(C)Oc1cc(C=O)n(Cc2ccc(Cl)cc2Cl)n1. The highest BCUT2D eigenvalue weighted by Gasteiger charge is 2.11. The van der Waals surface area contributed by atoms with Crippen molar-refractivity contribution < 1.29 is 9.53 Å². The van der Waals surface area contributed by atoms with E-state index in [4.69, 9.17) is 27.9 Å². The Labute approximate surface area is 127 Å². The van der Waals surface area contributed by atoms with Crippen molar-refractivity contribution in [3.05, 3.63) is 45.6 Å². The van der Waals surface area contributed by atoms with Crippen molar-refractivity contribution in [1.82, 2.24) is 9.78 Å². The summed E-state index contributed by atoms with van der Waals surface area (Å²) in [5.74, 6) is 0.423. The summed E-state index contributed by atoms with van der Waals surface area (Å²) >= 11 is 12.0. The van der Waals surface area contributed by atoms with E-state index in [0.717, 1.165) is 11.8 Å². The van der Waals surface area contributed by atoms with Crippen molar-refractivity contribution in [1.29, 1.82) is 0 Å². The van der Waals surface area contributed by atoms with Gasteiger partial charge in [0, 0.05) is 16.1 Å². The number of ether oxygens (including phenoxy) is 1. The second-order valence-electron chi connectivity index (χ2n) is 4.59. The fourth-order valence-electron chi connectivity index (χ4n) is 1.74. The highest BCUT2D eigenvalue weighted by Crippen LogP contribution is 2.23. The zero-order valence-corrected chi connectivity index (χ0v) is 12.6.